The average Bonchev–Trinajstić information content (AvgIpc) is 2.53. The fourth-order valence-electron chi connectivity index (χ4n) is 2.99. The maximum absolute atomic E-state index is 10.3. The van der Waals surface area contributed by atoms with Crippen LogP contribution in [0.15, 0.2) is 42.5 Å². The van der Waals surface area contributed by atoms with E-state index in [1.165, 1.54) is 61.3 Å². The first kappa shape index (κ1) is 16.0. The molecule has 0 heterocycles. The topological polar surface area (TPSA) is 19.9 Å². The third-order valence-corrected chi connectivity index (χ3v) is 4.22. The van der Waals surface area contributed by atoms with Crippen molar-refractivity contribution in [3.8, 4) is 0 Å². The van der Waals surface area contributed by atoms with Crippen molar-refractivity contribution < 1.29 is 5.11 Å². The first-order chi connectivity index (χ1) is 10.4. The summed E-state index contributed by atoms with van der Waals surface area (Å²) in [6.45, 7) is 0.102. The normalized spacial score (nSPS) is 11.1. The highest BCUT2D eigenvalue weighted by atomic mass is 16.2. The van der Waals surface area contributed by atoms with E-state index in [0.717, 1.165) is 12.8 Å². The quantitative estimate of drug-likeness (QED) is 0.481. The second kappa shape index (κ2) is 9.57. The number of unbranched alkanes of at least 4 members (excludes halogenated alkanes) is 7. The molecule has 0 fully saturated rings. The fraction of sp³-hybridized carbons (Fsp3) is 0.500. The molecule has 1 nitrogen and oxygen atoms in total. The molecule has 0 amide bonds. The van der Waals surface area contributed by atoms with Crippen LogP contribution >= 0.6 is 0 Å². The smallest absolute Gasteiger partial charge is 0.0822 e. The highest BCUT2D eigenvalue weighted by Crippen LogP contribution is 2.20. The predicted molar refractivity (Wildman–Crippen MR) is 90.1 cm³/mol. The monoisotopic (exact) mass is 283 g/mol. The molecule has 0 bridgehead atoms. The molecule has 0 unspecified atom stereocenters. The van der Waals surface area contributed by atoms with E-state index < -0.39 is 0 Å². The van der Waals surface area contributed by atoms with Gasteiger partial charge in [0, 0.05) is 0 Å². The van der Waals surface area contributed by atoms with Crippen LogP contribution in [0.3, 0.4) is 0 Å². The summed E-state index contributed by atoms with van der Waals surface area (Å²) in [5.41, 5.74) is 1.49. The van der Waals surface area contributed by atoms with Gasteiger partial charge in [0.25, 0.3) is 0 Å². The number of aryl methyl sites for hydroxylation is 1. The lowest BCUT2D eigenvalue weighted by atomic mass is 9.99. The lowest BCUT2D eigenvalue weighted by Crippen LogP contribution is -1.88. The van der Waals surface area contributed by atoms with Crippen LogP contribution in [0, 0.1) is 0 Å². The van der Waals surface area contributed by atoms with Crippen LogP contribution in [0.25, 0.3) is 10.8 Å². The minimum absolute atomic E-state index is 0.102. The van der Waals surface area contributed by atoms with Gasteiger partial charge < -0.3 is 0 Å². The lowest BCUT2D eigenvalue weighted by molar-refractivity contribution is 0.186. The Morgan fingerprint density at radius 1 is 0.619 bits per heavy atom. The predicted octanol–water partition coefficient (Wildman–Crippen LogP) is 5.93. The minimum Gasteiger partial charge on any atom is -0.237 e. The molecule has 2 aromatic rings. The van der Waals surface area contributed by atoms with Crippen LogP contribution in [0.1, 0.15) is 56.9 Å². The van der Waals surface area contributed by atoms with Gasteiger partial charge in [0.1, 0.15) is 0 Å². The van der Waals surface area contributed by atoms with Gasteiger partial charge in [-0.1, -0.05) is 81.0 Å². The molecule has 0 saturated carbocycles. The largest absolute Gasteiger partial charge is 0.237 e. The van der Waals surface area contributed by atoms with Gasteiger partial charge in [-0.25, -0.2) is 5.11 Å². The van der Waals surface area contributed by atoms with Crippen LogP contribution in [0.2, 0.25) is 0 Å². The van der Waals surface area contributed by atoms with E-state index >= 15 is 0 Å². The van der Waals surface area contributed by atoms with E-state index in [2.05, 4.69) is 42.5 Å². The van der Waals surface area contributed by atoms with E-state index in [1.807, 2.05) is 0 Å². The second-order valence-corrected chi connectivity index (χ2v) is 5.92. The maximum atomic E-state index is 10.3. The molecule has 0 aliphatic heterocycles. The summed E-state index contributed by atoms with van der Waals surface area (Å²) in [6, 6.07) is 15.3. The number of hydrogen-bond donors (Lipinski definition) is 0. The Labute approximate surface area is 129 Å². The number of rotatable bonds is 10. The SMILES string of the molecule is [O]CCCCCCCCCCc1cccc2ccccc12. The first-order valence-electron chi connectivity index (χ1n) is 8.46. The van der Waals surface area contributed by atoms with Crippen LogP contribution in [-0.4, -0.2) is 6.61 Å². The van der Waals surface area contributed by atoms with Crippen molar-refractivity contribution in [2.24, 2.45) is 0 Å². The van der Waals surface area contributed by atoms with Gasteiger partial charge in [-0.05, 0) is 35.6 Å². The Bertz CT molecular complexity index is 513. The highest BCUT2D eigenvalue weighted by molar-refractivity contribution is 5.85. The van der Waals surface area contributed by atoms with Gasteiger partial charge in [-0.3, -0.25) is 0 Å². The Morgan fingerprint density at radius 2 is 1.24 bits per heavy atom. The molecule has 0 saturated heterocycles. The molecule has 0 N–H and O–H groups in total. The Balaban J connectivity index is 1.64. The molecule has 0 spiro atoms. The van der Waals surface area contributed by atoms with Crippen molar-refractivity contribution in [1.29, 1.82) is 0 Å². The molecule has 0 atom stereocenters. The van der Waals surface area contributed by atoms with Crippen LogP contribution < -0.4 is 0 Å². The third-order valence-electron chi connectivity index (χ3n) is 4.22. The number of hydrogen-bond acceptors (Lipinski definition) is 0. The zero-order valence-electron chi connectivity index (χ0n) is 13.0. The first-order valence-corrected chi connectivity index (χ1v) is 8.46. The van der Waals surface area contributed by atoms with E-state index in [-0.39, 0.29) is 6.61 Å². The molecule has 0 aromatic heterocycles. The summed E-state index contributed by atoms with van der Waals surface area (Å²) in [7, 11) is 0. The fourth-order valence-corrected chi connectivity index (χ4v) is 2.99. The Morgan fingerprint density at radius 3 is 2.00 bits per heavy atom. The second-order valence-electron chi connectivity index (χ2n) is 5.92. The van der Waals surface area contributed by atoms with Crippen molar-refractivity contribution in [1.82, 2.24) is 0 Å². The molecule has 1 heteroatoms. The molecule has 113 valence electrons. The Kier molecular flexibility index (Phi) is 7.31. The summed E-state index contributed by atoms with van der Waals surface area (Å²) >= 11 is 0. The average molecular weight is 283 g/mol. The molecule has 0 aliphatic rings. The Hall–Kier alpha value is -1.34. The molecule has 2 rings (SSSR count). The standard InChI is InChI=1S/C20H27O/c21-17-10-6-4-2-1-3-5-7-12-18-14-11-15-19-13-8-9-16-20(18)19/h8-9,11,13-16H,1-7,10,12,17H2. The van der Waals surface area contributed by atoms with Crippen molar-refractivity contribution >= 4 is 10.8 Å². The summed E-state index contributed by atoms with van der Waals surface area (Å²) in [6.07, 6.45) is 11.0. The summed E-state index contributed by atoms with van der Waals surface area (Å²) in [5, 5.41) is 13.1. The molecular weight excluding hydrogens is 256 g/mol. The van der Waals surface area contributed by atoms with Crippen molar-refractivity contribution in [3.63, 3.8) is 0 Å². The molecule has 0 aliphatic carbocycles. The minimum atomic E-state index is 0.102. The van der Waals surface area contributed by atoms with Gasteiger partial charge in [-0.2, -0.15) is 0 Å². The van der Waals surface area contributed by atoms with E-state index in [4.69, 9.17) is 0 Å². The summed E-state index contributed by atoms with van der Waals surface area (Å²) < 4.78 is 0. The van der Waals surface area contributed by atoms with Gasteiger partial charge in [0.2, 0.25) is 0 Å². The van der Waals surface area contributed by atoms with E-state index in [9.17, 15) is 5.11 Å². The number of fused-ring (bicyclic) bond motifs is 1. The van der Waals surface area contributed by atoms with Gasteiger partial charge in [0.05, 0.1) is 6.61 Å². The van der Waals surface area contributed by atoms with Crippen LogP contribution in [0.5, 0.6) is 0 Å². The zero-order valence-corrected chi connectivity index (χ0v) is 13.0. The third kappa shape index (κ3) is 5.51. The molecule has 1 radical (unpaired) electrons. The van der Waals surface area contributed by atoms with Crippen molar-refractivity contribution in [2.45, 2.75) is 57.8 Å². The summed E-state index contributed by atoms with van der Waals surface area (Å²) in [5.74, 6) is 0. The van der Waals surface area contributed by atoms with Crippen LogP contribution in [0.4, 0.5) is 0 Å². The molecule has 21 heavy (non-hydrogen) atoms. The number of benzene rings is 2. The van der Waals surface area contributed by atoms with Gasteiger partial charge in [0.15, 0.2) is 0 Å². The van der Waals surface area contributed by atoms with Gasteiger partial charge in [-0.15, -0.1) is 0 Å². The summed E-state index contributed by atoms with van der Waals surface area (Å²) in [4.78, 5) is 0. The van der Waals surface area contributed by atoms with E-state index in [1.54, 1.807) is 0 Å². The van der Waals surface area contributed by atoms with Gasteiger partial charge >= 0.3 is 0 Å². The molecule has 2 aromatic carbocycles. The van der Waals surface area contributed by atoms with Crippen molar-refractivity contribution in [3.05, 3.63) is 48.0 Å². The van der Waals surface area contributed by atoms with Crippen molar-refractivity contribution in [2.75, 3.05) is 6.61 Å². The lowest BCUT2D eigenvalue weighted by Gasteiger charge is -2.06. The van der Waals surface area contributed by atoms with E-state index in [0.29, 0.717) is 0 Å². The zero-order chi connectivity index (χ0) is 14.8. The molecular formula is C20H27O. The highest BCUT2D eigenvalue weighted by Gasteiger charge is 2.00. The van der Waals surface area contributed by atoms with Crippen LogP contribution in [-0.2, 0) is 11.5 Å². The maximum Gasteiger partial charge on any atom is 0.0822 e.